The van der Waals surface area contributed by atoms with Crippen molar-refractivity contribution in [2.45, 2.75) is 6.92 Å². The van der Waals surface area contributed by atoms with E-state index in [0.717, 1.165) is 0 Å². The lowest BCUT2D eigenvalue weighted by Gasteiger charge is -2.09. The van der Waals surface area contributed by atoms with Crippen LogP contribution in [0.25, 0.3) is 22.4 Å². The monoisotopic (exact) mass is 342 g/mol. The van der Waals surface area contributed by atoms with Crippen LogP contribution >= 0.6 is 0 Å². The Labute approximate surface area is 141 Å². The number of hydrogen-bond acceptors (Lipinski definition) is 7. The maximum atomic E-state index is 12.3. The maximum Gasteiger partial charge on any atom is 0.347 e. The van der Waals surface area contributed by atoms with Crippen molar-refractivity contribution in [3.8, 4) is 23.0 Å². The number of methoxy groups -OCH3 is 2. The quantitative estimate of drug-likeness (QED) is 0.530. The highest BCUT2D eigenvalue weighted by molar-refractivity contribution is 5.83. The Bertz CT molecular complexity index is 1040. The molecule has 3 aromatic rings. The minimum absolute atomic E-state index is 0.00548. The van der Waals surface area contributed by atoms with Gasteiger partial charge in [0.1, 0.15) is 0 Å². The molecule has 0 radical (unpaired) electrons. The predicted octanol–water partition coefficient (Wildman–Crippen LogP) is 3.09. The largest absolute Gasteiger partial charge is 0.493 e. The number of ether oxygens (including phenoxy) is 2. The van der Waals surface area contributed by atoms with Gasteiger partial charge in [0.2, 0.25) is 5.89 Å². The van der Waals surface area contributed by atoms with Crippen LogP contribution in [0.15, 0.2) is 39.5 Å². The molecular formula is C17H14N2O6. The third-order valence-electron chi connectivity index (χ3n) is 3.87. The lowest BCUT2D eigenvalue weighted by atomic mass is 10.1. The van der Waals surface area contributed by atoms with Gasteiger partial charge in [0.25, 0.3) is 5.69 Å². The molecule has 8 nitrogen and oxygen atoms in total. The van der Waals surface area contributed by atoms with E-state index in [-0.39, 0.29) is 17.0 Å². The van der Waals surface area contributed by atoms with E-state index in [0.29, 0.717) is 28.1 Å². The molecule has 0 aliphatic heterocycles. The summed E-state index contributed by atoms with van der Waals surface area (Å²) in [6, 6.07) is 7.55. The van der Waals surface area contributed by atoms with Crippen LogP contribution in [0.1, 0.15) is 5.56 Å². The summed E-state index contributed by atoms with van der Waals surface area (Å²) in [5, 5.41) is 11.3. The molecule has 0 saturated carbocycles. The lowest BCUT2D eigenvalue weighted by Crippen LogP contribution is -2.05. The third-order valence-corrected chi connectivity index (χ3v) is 3.87. The van der Waals surface area contributed by atoms with Crippen molar-refractivity contribution >= 4 is 16.6 Å². The fraction of sp³-hybridized carbons (Fsp3) is 0.176. The van der Waals surface area contributed by atoms with E-state index >= 15 is 0 Å². The summed E-state index contributed by atoms with van der Waals surface area (Å²) in [6.07, 6.45) is 0. The molecule has 0 aliphatic rings. The molecule has 128 valence electrons. The van der Waals surface area contributed by atoms with E-state index < -0.39 is 10.5 Å². The zero-order valence-corrected chi connectivity index (χ0v) is 13.7. The summed E-state index contributed by atoms with van der Waals surface area (Å²) in [7, 11) is 2.93. The fourth-order valence-corrected chi connectivity index (χ4v) is 2.57. The van der Waals surface area contributed by atoms with E-state index in [1.54, 1.807) is 19.1 Å². The van der Waals surface area contributed by atoms with Crippen LogP contribution in [0.3, 0.4) is 0 Å². The van der Waals surface area contributed by atoms with Gasteiger partial charge in [0, 0.05) is 29.3 Å². The lowest BCUT2D eigenvalue weighted by molar-refractivity contribution is -0.385. The Morgan fingerprint density at radius 1 is 1.16 bits per heavy atom. The highest BCUT2D eigenvalue weighted by Crippen LogP contribution is 2.32. The highest BCUT2D eigenvalue weighted by Gasteiger charge is 2.19. The Balaban J connectivity index is 2.28. The molecule has 0 saturated heterocycles. The van der Waals surface area contributed by atoms with Gasteiger partial charge in [-0.1, -0.05) is 6.07 Å². The Morgan fingerprint density at radius 3 is 2.48 bits per heavy atom. The van der Waals surface area contributed by atoms with Crippen LogP contribution in [0, 0.1) is 17.0 Å². The van der Waals surface area contributed by atoms with Gasteiger partial charge in [-0.2, -0.15) is 0 Å². The molecule has 0 spiro atoms. The third kappa shape index (κ3) is 2.78. The number of fused-ring (bicyclic) bond motifs is 1. The average molecular weight is 342 g/mol. The van der Waals surface area contributed by atoms with Crippen molar-refractivity contribution < 1.29 is 18.8 Å². The summed E-state index contributed by atoms with van der Waals surface area (Å²) < 4.78 is 15.7. The van der Waals surface area contributed by atoms with Crippen molar-refractivity contribution in [3.63, 3.8) is 0 Å². The number of nitro benzene ring substituents is 1. The summed E-state index contributed by atoms with van der Waals surface area (Å²) >= 11 is 0. The zero-order valence-electron chi connectivity index (χ0n) is 13.7. The second-order valence-corrected chi connectivity index (χ2v) is 5.24. The van der Waals surface area contributed by atoms with Gasteiger partial charge >= 0.3 is 5.63 Å². The predicted molar refractivity (Wildman–Crippen MR) is 90.2 cm³/mol. The standard InChI is InChI=1S/C17H14N2O6/c1-9-10(5-4-6-13(9)19(21)22)16-18-12-8-15(24-3)14(23-2)7-11(12)17(20)25-16/h4-8H,1-3H3. The van der Waals surface area contributed by atoms with Crippen molar-refractivity contribution in [1.29, 1.82) is 0 Å². The molecule has 3 rings (SSSR count). The first-order valence-electron chi connectivity index (χ1n) is 7.27. The second kappa shape index (κ2) is 6.23. The van der Waals surface area contributed by atoms with Crippen LogP contribution in [0.5, 0.6) is 11.5 Å². The van der Waals surface area contributed by atoms with Gasteiger partial charge in [-0.3, -0.25) is 10.1 Å². The van der Waals surface area contributed by atoms with Gasteiger partial charge < -0.3 is 13.9 Å². The van der Waals surface area contributed by atoms with Crippen molar-refractivity contribution in [2.75, 3.05) is 14.2 Å². The molecule has 0 amide bonds. The van der Waals surface area contributed by atoms with Crippen molar-refractivity contribution in [2.24, 2.45) is 0 Å². The number of nitro groups is 1. The topological polar surface area (TPSA) is 105 Å². The summed E-state index contributed by atoms with van der Waals surface area (Å²) in [5.74, 6) is 0.795. The molecular weight excluding hydrogens is 328 g/mol. The maximum absolute atomic E-state index is 12.3. The first-order chi connectivity index (χ1) is 12.0. The van der Waals surface area contributed by atoms with Crippen LogP contribution in [0.4, 0.5) is 5.69 Å². The molecule has 2 aromatic carbocycles. The molecule has 0 atom stereocenters. The number of benzene rings is 2. The normalized spacial score (nSPS) is 10.7. The number of nitrogens with zero attached hydrogens (tertiary/aromatic N) is 2. The fourth-order valence-electron chi connectivity index (χ4n) is 2.57. The Kier molecular flexibility index (Phi) is 4.10. The second-order valence-electron chi connectivity index (χ2n) is 5.24. The molecule has 0 unspecified atom stereocenters. The van der Waals surface area contributed by atoms with Gasteiger partial charge in [0.05, 0.1) is 30.0 Å². The van der Waals surface area contributed by atoms with Gasteiger partial charge in [-0.05, 0) is 13.0 Å². The summed E-state index contributed by atoms with van der Waals surface area (Å²) in [6.45, 7) is 1.58. The van der Waals surface area contributed by atoms with E-state index in [9.17, 15) is 14.9 Å². The van der Waals surface area contributed by atoms with Crippen molar-refractivity contribution in [1.82, 2.24) is 4.98 Å². The molecule has 1 heterocycles. The van der Waals surface area contributed by atoms with Crippen LogP contribution < -0.4 is 15.1 Å². The average Bonchev–Trinajstić information content (AvgIpc) is 2.60. The Hall–Kier alpha value is -3.42. The van der Waals surface area contributed by atoms with Crippen LogP contribution in [0.2, 0.25) is 0 Å². The SMILES string of the molecule is COc1cc2nc(-c3cccc([N+](=O)[O-])c3C)oc(=O)c2cc1OC. The van der Waals surface area contributed by atoms with E-state index in [1.807, 2.05) is 0 Å². The van der Waals surface area contributed by atoms with Crippen molar-refractivity contribution in [3.05, 3.63) is 56.4 Å². The first-order valence-corrected chi connectivity index (χ1v) is 7.27. The number of aromatic nitrogens is 1. The molecule has 25 heavy (non-hydrogen) atoms. The molecule has 0 bridgehead atoms. The smallest absolute Gasteiger partial charge is 0.347 e. The van der Waals surface area contributed by atoms with Crippen LogP contribution in [-0.2, 0) is 0 Å². The number of hydrogen-bond donors (Lipinski definition) is 0. The Morgan fingerprint density at radius 2 is 1.84 bits per heavy atom. The first kappa shape index (κ1) is 16.4. The number of rotatable bonds is 4. The molecule has 0 aliphatic carbocycles. The van der Waals surface area contributed by atoms with E-state index in [4.69, 9.17) is 13.9 Å². The zero-order chi connectivity index (χ0) is 18.1. The van der Waals surface area contributed by atoms with Gasteiger partial charge in [0.15, 0.2) is 11.5 Å². The summed E-state index contributed by atoms with van der Waals surface area (Å²) in [5.41, 5.74) is 0.391. The molecule has 0 fully saturated rings. The van der Waals surface area contributed by atoms with E-state index in [1.165, 1.54) is 32.4 Å². The van der Waals surface area contributed by atoms with Gasteiger partial charge in [-0.25, -0.2) is 9.78 Å². The minimum Gasteiger partial charge on any atom is -0.493 e. The van der Waals surface area contributed by atoms with Crippen LogP contribution in [-0.4, -0.2) is 24.1 Å². The van der Waals surface area contributed by atoms with E-state index in [2.05, 4.69) is 4.98 Å². The highest BCUT2D eigenvalue weighted by atomic mass is 16.6. The molecule has 8 heteroatoms. The van der Waals surface area contributed by atoms with Gasteiger partial charge in [-0.15, -0.1) is 0 Å². The molecule has 1 aromatic heterocycles. The summed E-state index contributed by atoms with van der Waals surface area (Å²) in [4.78, 5) is 27.3. The minimum atomic E-state index is -0.619. The molecule has 0 N–H and O–H groups in total.